The maximum absolute atomic E-state index is 11.8. The molecule has 0 bridgehead atoms. The average molecular weight is 352 g/mol. The van der Waals surface area contributed by atoms with Crippen molar-refractivity contribution in [3.05, 3.63) is 11.7 Å². The second kappa shape index (κ2) is 9.85. The first-order valence-electron chi connectivity index (χ1n) is 8.88. The van der Waals surface area contributed by atoms with Gasteiger partial charge in [-0.3, -0.25) is 4.99 Å². The number of guanidine groups is 1. The molecule has 1 N–H and O–H groups in total. The highest BCUT2D eigenvalue weighted by atomic mass is 16.6. The van der Waals surface area contributed by atoms with Crippen LogP contribution >= 0.6 is 0 Å². The lowest BCUT2D eigenvalue weighted by Gasteiger charge is -2.35. The summed E-state index contributed by atoms with van der Waals surface area (Å²) in [6, 6.07) is 0. The normalized spacial score (nSPS) is 15.4. The van der Waals surface area contributed by atoms with Gasteiger partial charge in [-0.15, -0.1) is 0 Å². The summed E-state index contributed by atoms with van der Waals surface area (Å²) >= 11 is 0. The Kier molecular flexibility index (Phi) is 7.49. The van der Waals surface area contributed by atoms with Crippen molar-refractivity contribution in [2.45, 2.75) is 33.6 Å². The molecule has 1 aromatic rings. The van der Waals surface area contributed by atoms with E-state index in [0.29, 0.717) is 38.0 Å². The molecule has 140 valence electrons. The molecular formula is C16H28N6O3. The van der Waals surface area contributed by atoms with Crippen LogP contribution in [0.1, 0.15) is 32.0 Å². The molecule has 0 aliphatic carbocycles. The molecular weight excluding hydrogens is 324 g/mol. The van der Waals surface area contributed by atoms with Gasteiger partial charge in [0.25, 0.3) is 0 Å². The number of carbonyl (C=O) groups is 1. The fourth-order valence-corrected chi connectivity index (χ4v) is 2.60. The number of hydrogen-bond donors (Lipinski definition) is 1. The van der Waals surface area contributed by atoms with Crippen molar-refractivity contribution >= 4 is 12.1 Å². The Morgan fingerprint density at radius 2 is 2.00 bits per heavy atom. The van der Waals surface area contributed by atoms with Gasteiger partial charge in [-0.25, -0.2) is 4.79 Å². The zero-order chi connectivity index (χ0) is 18.1. The third kappa shape index (κ3) is 5.91. The number of aryl methyl sites for hydroxylation is 2. The van der Waals surface area contributed by atoms with E-state index < -0.39 is 0 Å². The van der Waals surface area contributed by atoms with Crippen molar-refractivity contribution in [1.29, 1.82) is 0 Å². The molecule has 0 atom stereocenters. The van der Waals surface area contributed by atoms with E-state index in [-0.39, 0.29) is 6.09 Å². The van der Waals surface area contributed by atoms with Crippen LogP contribution in [0, 0.1) is 6.92 Å². The molecule has 1 saturated heterocycles. The number of rotatable bonds is 6. The summed E-state index contributed by atoms with van der Waals surface area (Å²) in [4.78, 5) is 24.5. The van der Waals surface area contributed by atoms with Crippen LogP contribution in [-0.4, -0.2) is 77.9 Å². The monoisotopic (exact) mass is 352 g/mol. The first-order valence-corrected chi connectivity index (χ1v) is 8.88. The van der Waals surface area contributed by atoms with E-state index in [1.54, 1.807) is 4.90 Å². The summed E-state index contributed by atoms with van der Waals surface area (Å²) in [6.45, 7) is 10.3. The maximum Gasteiger partial charge on any atom is 0.409 e. The Hall–Kier alpha value is -2.32. The molecule has 1 amide bonds. The standard InChI is InChI=1S/C16H28N6O3/c1-4-17-15(18-8-6-7-14-19-13(3)20-25-14)21-9-11-22(12-10-21)16(23)24-5-2/h4-12H2,1-3H3,(H,17,18). The Morgan fingerprint density at radius 3 is 2.60 bits per heavy atom. The van der Waals surface area contributed by atoms with Crippen LogP contribution in [0.25, 0.3) is 0 Å². The van der Waals surface area contributed by atoms with E-state index in [2.05, 4.69) is 25.3 Å². The van der Waals surface area contributed by atoms with Gasteiger partial charge in [0.2, 0.25) is 5.89 Å². The molecule has 0 spiro atoms. The van der Waals surface area contributed by atoms with Crippen LogP contribution in [0.3, 0.4) is 0 Å². The maximum atomic E-state index is 11.8. The first kappa shape index (κ1) is 19.0. The lowest BCUT2D eigenvalue weighted by Crippen LogP contribution is -2.53. The number of ether oxygens (including phenoxy) is 1. The number of nitrogens with zero attached hydrogens (tertiary/aromatic N) is 5. The highest BCUT2D eigenvalue weighted by Crippen LogP contribution is 2.05. The lowest BCUT2D eigenvalue weighted by molar-refractivity contribution is 0.0914. The molecule has 1 aromatic heterocycles. The predicted molar refractivity (Wildman–Crippen MR) is 93.5 cm³/mol. The molecule has 2 rings (SSSR count). The van der Waals surface area contributed by atoms with E-state index in [4.69, 9.17) is 9.26 Å². The van der Waals surface area contributed by atoms with Gasteiger partial charge >= 0.3 is 6.09 Å². The molecule has 1 aliphatic heterocycles. The average Bonchev–Trinajstić information content (AvgIpc) is 3.03. The lowest BCUT2D eigenvalue weighted by atomic mass is 10.3. The topological polar surface area (TPSA) is 96.1 Å². The van der Waals surface area contributed by atoms with Crippen molar-refractivity contribution in [3.8, 4) is 0 Å². The van der Waals surface area contributed by atoms with Gasteiger partial charge in [0, 0.05) is 45.7 Å². The molecule has 9 heteroatoms. The molecule has 0 saturated carbocycles. The third-order valence-corrected chi connectivity index (χ3v) is 3.82. The molecule has 0 radical (unpaired) electrons. The quantitative estimate of drug-likeness (QED) is 0.464. The highest BCUT2D eigenvalue weighted by molar-refractivity contribution is 5.80. The molecule has 1 fully saturated rings. The molecule has 1 aliphatic rings. The predicted octanol–water partition coefficient (Wildman–Crippen LogP) is 1.05. The van der Waals surface area contributed by atoms with Gasteiger partial charge in [-0.05, 0) is 27.2 Å². The number of amides is 1. The Morgan fingerprint density at radius 1 is 1.28 bits per heavy atom. The summed E-state index contributed by atoms with van der Waals surface area (Å²) in [5.41, 5.74) is 0. The van der Waals surface area contributed by atoms with E-state index in [1.165, 1.54) is 0 Å². The molecule has 25 heavy (non-hydrogen) atoms. The smallest absolute Gasteiger partial charge is 0.409 e. The first-order chi connectivity index (χ1) is 12.1. The number of nitrogens with one attached hydrogen (secondary N) is 1. The highest BCUT2D eigenvalue weighted by Gasteiger charge is 2.23. The summed E-state index contributed by atoms with van der Waals surface area (Å²) in [7, 11) is 0. The fraction of sp³-hybridized carbons (Fsp3) is 0.750. The van der Waals surface area contributed by atoms with Crippen molar-refractivity contribution in [2.24, 2.45) is 4.99 Å². The number of aliphatic imine (C=N–C) groups is 1. The van der Waals surface area contributed by atoms with Crippen molar-refractivity contribution in [2.75, 3.05) is 45.9 Å². The zero-order valence-electron chi connectivity index (χ0n) is 15.3. The number of aromatic nitrogens is 2. The molecule has 2 heterocycles. The van der Waals surface area contributed by atoms with Crippen LogP contribution in [-0.2, 0) is 11.2 Å². The van der Waals surface area contributed by atoms with Gasteiger partial charge in [-0.1, -0.05) is 5.16 Å². The zero-order valence-corrected chi connectivity index (χ0v) is 15.3. The van der Waals surface area contributed by atoms with Gasteiger partial charge < -0.3 is 24.4 Å². The van der Waals surface area contributed by atoms with Crippen LogP contribution in [0.2, 0.25) is 0 Å². The molecule has 0 unspecified atom stereocenters. The Bertz CT molecular complexity index is 566. The van der Waals surface area contributed by atoms with E-state index in [1.807, 2.05) is 20.8 Å². The number of hydrogen-bond acceptors (Lipinski definition) is 6. The third-order valence-electron chi connectivity index (χ3n) is 3.82. The fourth-order valence-electron chi connectivity index (χ4n) is 2.60. The second-order valence-corrected chi connectivity index (χ2v) is 5.75. The van der Waals surface area contributed by atoms with E-state index >= 15 is 0 Å². The Labute approximate surface area is 148 Å². The molecule has 0 aromatic carbocycles. The summed E-state index contributed by atoms with van der Waals surface area (Å²) in [5, 5.41) is 7.10. The number of piperazine rings is 1. The SMILES string of the molecule is CCNC(=NCCCc1nc(C)no1)N1CCN(C(=O)OCC)CC1. The molecule has 9 nitrogen and oxygen atoms in total. The minimum Gasteiger partial charge on any atom is -0.450 e. The van der Waals surface area contributed by atoms with Crippen molar-refractivity contribution in [3.63, 3.8) is 0 Å². The van der Waals surface area contributed by atoms with Gasteiger partial charge in [0.15, 0.2) is 11.8 Å². The minimum absolute atomic E-state index is 0.237. The van der Waals surface area contributed by atoms with Gasteiger partial charge in [0.1, 0.15) is 0 Å². The second-order valence-electron chi connectivity index (χ2n) is 5.75. The summed E-state index contributed by atoms with van der Waals surface area (Å²) < 4.78 is 10.2. The van der Waals surface area contributed by atoms with Crippen LogP contribution < -0.4 is 5.32 Å². The van der Waals surface area contributed by atoms with E-state index in [9.17, 15) is 4.79 Å². The van der Waals surface area contributed by atoms with Crippen LogP contribution in [0.5, 0.6) is 0 Å². The summed E-state index contributed by atoms with van der Waals surface area (Å²) in [5.74, 6) is 2.19. The van der Waals surface area contributed by atoms with Gasteiger partial charge in [0.05, 0.1) is 6.61 Å². The van der Waals surface area contributed by atoms with Gasteiger partial charge in [-0.2, -0.15) is 4.98 Å². The Balaban J connectivity index is 1.80. The van der Waals surface area contributed by atoms with Crippen LogP contribution in [0.4, 0.5) is 4.79 Å². The number of carbonyl (C=O) groups excluding carboxylic acids is 1. The van der Waals surface area contributed by atoms with Crippen molar-refractivity contribution in [1.82, 2.24) is 25.3 Å². The minimum atomic E-state index is -0.237. The van der Waals surface area contributed by atoms with Crippen molar-refractivity contribution < 1.29 is 14.1 Å². The largest absolute Gasteiger partial charge is 0.450 e. The van der Waals surface area contributed by atoms with Crippen LogP contribution in [0.15, 0.2) is 9.52 Å². The summed E-state index contributed by atoms with van der Waals surface area (Å²) in [6.07, 6.45) is 1.33. The van der Waals surface area contributed by atoms with E-state index in [0.717, 1.165) is 38.4 Å².